The second kappa shape index (κ2) is 5.02. The molecule has 0 saturated heterocycles. The fourth-order valence-corrected chi connectivity index (χ4v) is 2.45. The summed E-state index contributed by atoms with van der Waals surface area (Å²) in [6.07, 6.45) is 2.94. The fourth-order valence-electron chi connectivity index (χ4n) is 2.45. The lowest BCUT2D eigenvalue weighted by molar-refractivity contribution is -0.118. The second-order valence-corrected chi connectivity index (χ2v) is 4.81. The molecule has 3 rings (SSSR count). The number of carbonyl (C=O) groups is 1. The predicted molar refractivity (Wildman–Crippen MR) is 75.1 cm³/mol. The van der Waals surface area contributed by atoms with Crippen LogP contribution < -0.4 is 4.90 Å². The lowest BCUT2D eigenvalue weighted by Crippen LogP contribution is -2.30. The van der Waals surface area contributed by atoms with Crippen LogP contribution in [0.4, 0.5) is 5.69 Å². The molecule has 2 heterocycles. The molecule has 0 bridgehead atoms. The van der Waals surface area contributed by atoms with Crippen LogP contribution in [0.1, 0.15) is 17.8 Å². The first kappa shape index (κ1) is 12.7. The highest BCUT2D eigenvalue weighted by Crippen LogP contribution is 2.30. The number of hydrogen-bond acceptors (Lipinski definition) is 4. The Bertz CT molecular complexity index is 670. The zero-order valence-electron chi connectivity index (χ0n) is 11.2. The molecule has 1 aliphatic rings. The molecule has 1 N–H and O–H groups in total. The van der Waals surface area contributed by atoms with Gasteiger partial charge < -0.3 is 10.0 Å². The van der Waals surface area contributed by atoms with Gasteiger partial charge in [0.1, 0.15) is 6.61 Å². The van der Waals surface area contributed by atoms with Gasteiger partial charge in [0.2, 0.25) is 5.91 Å². The van der Waals surface area contributed by atoms with Crippen molar-refractivity contribution in [1.82, 2.24) is 9.97 Å². The van der Waals surface area contributed by atoms with E-state index in [1.807, 2.05) is 18.2 Å². The van der Waals surface area contributed by atoms with Gasteiger partial charge in [-0.05, 0) is 30.2 Å². The third kappa shape index (κ3) is 2.16. The number of rotatable bonds is 2. The summed E-state index contributed by atoms with van der Waals surface area (Å²) in [5.74, 6) is 0.558. The van der Waals surface area contributed by atoms with E-state index in [2.05, 4.69) is 16.0 Å². The first-order valence-corrected chi connectivity index (χ1v) is 6.51. The topological polar surface area (TPSA) is 66.3 Å². The first-order valence-electron chi connectivity index (χ1n) is 6.51. The van der Waals surface area contributed by atoms with Gasteiger partial charge in [-0.15, -0.1) is 0 Å². The Morgan fingerprint density at radius 3 is 2.95 bits per heavy atom. The smallest absolute Gasteiger partial charge is 0.227 e. The molecule has 1 aromatic heterocycles. The molecule has 20 heavy (non-hydrogen) atoms. The van der Waals surface area contributed by atoms with Crippen LogP contribution in [-0.2, 0) is 17.8 Å². The average Bonchev–Trinajstić information content (AvgIpc) is 2.51. The SMILES string of the molecule is CN1C(=O)CCc2cc(-c3ccnc(CO)n3)ccc21. The fraction of sp³-hybridized carbons (Fsp3) is 0.267. The molecule has 0 atom stereocenters. The van der Waals surface area contributed by atoms with Crippen molar-refractivity contribution >= 4 is 11.6 Å². The summed E-state index contributed by atoms with van der Waals surface area (Å²) in [6.45, 7) is -0.171. The average molecular weight is 269 g/mol. The van der Waals surface area contributed by atoms with Crippen molar-refractivity contribution in [3.63, 3.8) is 0 Å². The van der Waals surface area contributed by atoms with Crippen molar-refractivity contribution in [2.75, 3.05) is 11.9 Å². The lowest BCUT2D eigenvalue weighted by Gasteiger charge is -2.26. The molecule has 0 aliphatic carbocycles. The summed E-state index contributed by atoms with van der Waals surface area (Å²) in [7, 11) is 1.80. The van der Waals surface area contributed by atoms with Crippen LogP contribution in [0.5, 0.6) is 0 Å². The normalized spacial score (nSPS) is 14.3. The number of carbonyl (C=O) groups excluding carboxylic acids is 1. The van der Waals surface area contributed by atoms with Crippen molar-refractivity contribution in [2.45, 2.75) is 19.4 Å². The number of aliphatic hydroxyl groups is 1. The van der Waals surface area contributed by atoms with Gasteiger partial charge in [0, 0.05) is 30.9 Å². The maximum absolute atomic E-state index is 11.7. The monoisotopic (exact) mass is 269 g/mol. The summed E-state index contributed by atoms with van der Waals surface area (Å²) < 4.78 is 0. The Hall–Kier alpha value is -2.27. The minimum atomic E-state index is -0.171. The number of nitrogens with zero attached hydrogens (tertiary/aromatic N) is 3. The van der Waals surface area contributed by atoms with Gasteiger partial charge in [-0.1, -0.05) is 6.07 Å². The molecule has 1 aliphatic heterocycles. The van der Waals surface area contributed by atoms with Gasteiger partial charge in [-0.25, -0.2) is 9.97 Å². The second-order valence-electron chi connectivity index (χ2n) is 4.81. The van der Waals surface area contributed by atoms with Crippen LogP contribution in [0, 0.1) is 0 Å². The van der Waals surface area contributed by atoms with Crippen LogP contribution in [0.25, 0.3) is 11.3 Å². The molecule has 0 spiro atoms. The number of aromatic nitrogens is 2. The van der Waals surface area contributed by atoms with Crippen LogP contribution in [0.15, 0.2) is 30.5 Å². The van der Waals surface area contributed by atoms with Gasteiger partial charge in [0.05, 0.1) is 5.69 Å². The lowest BCUT2D eigenvalue weighted by atomic mass is 9.98. The highest BCUT2D eigenvalue weighted by molar-refractivity contribution is 5.96. The van der Waals surface area contributed by atoms with Gasteiger partial charge in [0.25, 0.3) is 0 Å². The predicted octanol–water partition coefficient (Wildman–Crippen LogP) is 1.54. The van der Waals surface area contributed by atoms with E-state index in [4.69, 9.17) is 5.11 Å². The van der Waals surface area contributed by atoms with Crippen LogP contribution >= 0.6 is 0 Å². The molecule has 0 unspecified atom stereocenters. The van der Waals surface area contributed by atoms with E-state index in [-0.39, 0.29) is 12.5 Å². The van der Waals surface area contributed by atoms with Crippen molar-refractivity contribution < 1.29 is 9.90 Å². The van der Waals surface area contributed by atoms with Crippen molar-refractivity contribution in [3.8, 4) is 11.3 Å². The Morgan fingerprint density at radius 1 is 1.30 bits per heavy atom. The minimum absolute atomic E-state index is 0.148. The maximum atomic E-state index is 11.7. The number of amides is 1. The highest BCUT2D eigenvalue weighted by atomic mass is 16.3. The van der Waals surface area contributed by atoms with E-state index >= 15 is 0 Å². The molecule has 2 aromatic rings. The Labute approximate surface area is 116 Å². The summed E-state index contributed by atoms with van der Waals surface area (Å²) >= 11 is 0. The molecular formula is C15H15N3O2. The van der Waals surface area contributed by atoms with E-state index < -0.39 is 0 Å². The van der Waals surface area contributed by atoms with E-state index in [1.165, 1.54) is 0 Å². The van der Waals surface area contributed by atoms with E-state index in [9.17, 15) is 4.79 Å². The summed E-state index contributed by atoms with van der Waals surface area (Å²) in [5, 5.41) is 9.10. The van der Waals surface area contributed by atoms with Gasteiger partial charge in [-0.2, -0.15) is 0 Å². The Kier molecular flexibility index (Phi) is 3.20. The molecule has 1 aromatic carbocycles. The molecule has 0 saturated carbocycles. The third-order valence-electron chi connectivity index (χ3n) is 3.57. The van der Waals surface area contributed by atoms with Crippen LogP contribution in [0.3, 0.4) is 0 Å². The number of benzene rings is 1. The highest BCUT2D eigenvalue weighted by Gasteiger charge is 2.21. The minimum Gasteiger partial charge on any atom is -0.388 e. The molecule has 0 fully saturated rings. The molecule has 5 nitrogen and oxygen atoms in total. The van der Waals surface area contributed by atoms with E-state index in [0.717, 1.165) is 28.9 Å². The molecule has 102 valence electrons. The van der Waals surface area contributed by atoms with Gasteiger partial charge in [-0.3, -0.25) is 4.79 Å². The number of aryl methyl sites for hydroxylation is 1. The number of hydrogen-bond donors (Lipinski definition) is 1. The third-order valence-corrected chi connectivity index (χ3v) is 3.57. The van der Waals surface area contributed by atoms with Crippen molar-refractivity contribution in [1.29, 1.82) is 0 Å². The maximum Gasteiger partial charge on any atom is 0.227 e. The number of fused-ring (bicyclic) bond motifs is 1. The number of anilines is 1. The summed E-state index contributed by atoms with van der Waals surface area (Å²) in [5.41, 5.74) is 3.87. The first-order chi connectivity index (χ1) is 9.69. The van der Waals surface area contributed by atoms with Gasteiger partial charge in [0.15, 0.2) is 5.82 Å². The van der Waals surface area contributed by atoms with Gasteiger partial charge >= 0.3 is 0 Å². The Balaban J connectivity index is 2.02. The molecular weight excluding hydrogens is 254 g/mol. The molecule has 5 heteroatoms. The van der Waals surface area contributed by atoms with Crippen LogP contribution in [-0.4, -0.2) is 28.0 Å². The molecule has 1 amide bonds. The van der Waals surface area contributed by atoms with Crippen molar-refractivity contribution in [3.05, 3.63) is 41.9 Å². The molecule has 0 radical (unpaired) electrons. The summed E-state index contributed by atoms with van der Waals surface area (Å²) in [6, 6.07) is 7.76. The largest absolute Gasteiger partial charge is 0.388 e. The van der Waals surface area contributed by atoms with E-state index in [0.29, 0.717) is 12.2 Å². The summed E-state index contributed by atoms with van der Waals surface area (Å²) in [4.78, 5) is 21.7. The quantitative estimate of drug-likeness (QED) is 0.898. The van der Waals surface area contributed by atoms with Crippen molar-refractivity contribution in [2.24, 2.45) is 0 Å². The zero-order valence-corrected chi connectivity index (χ0v) is 11.2. The number of aliphatic hydroxyl groups excluding tert-OH is 1. The van der Waals surface area contributed by atoms with Crippen LogP contribution in [0.2, 0.25) is 0 Å². The van der Waals surface area contributed by atoms with E-state index in [1.54, 1.807) is 18.1 Å². The standard InChI is InChI=1S/C15H15N3O2/c1-18-13-4-2-10(8-11(13)3-5-15(18)20)12-6-7-16-14(9-19)17-12/h2,4,6-8,19H,3,5,9H2,1H3. The Morgan fingerprint density at radius 2 is 2.15 bits per heavy atom. The zero-order chi connectivity index (χ0) is 14.1.